The number of rotatable bonds is 1. The zero-order valence-electron chi connectivity index (χ0n) is 8.46. The summed E-state index contributed by atoms with van der Waals surface area (Å²) in [5.74, 6) is -0.156. The second-order valence-electron chi connectivity index (χ2n) is 3.40. The molecule has 0 saturated heterocycles. The molecular weight excluding hydrogens is 225 g/mol. The first kappa shape index (κ1) is 9.64. The minimum atomic E-state index is -0.504. The Balaban J connectivity index is 2.20. The Labute approximate surface area is 93.8 Å². The normalized spacial score (nSPS) is 10.9. The molecule has 0 aromatic carbocycles. The fourth-order valence-corrected chi connectivity index (χ4v) is 1.50. The molecule has 0 radical (unpaired) electrons. The first-order valence-corrected chi connectivity index (χ1v) is 4.79. The molecule has 0 fully saturated rings. The van der Waals surface area contributed by atoms with E-state index in [0.717, 1.165) is 12.4 Å². The van der Waals surface area contributed by atoms with E-state index in [1.54, 1.807) is 18.3 Å². The molecule has 6 nitrogen and oxygen atoms in total. The highest BCUT2D eigenvalue weighted by molar-refractivity contribution is 5.56. The van der Waals surface area contributed by atoms with Gasteiger partial charge in [0.25, 0.3) is 0 Å². The minimum absolute atomic E-state index is 0.344. The lowest BCUT2D eigenvalue weighted by atomic mass is 10.2. The van der Waals surface area contributed by atoms with E-state index in [9.17, 15) is 9.18 Å². The zero-order valence-corrected chi connectivity index (χ0v) is 8.46. The Hall–Kier alpha value is -2.57. The fourth-order valence-electron chi connectivity index (χ4n) is 1.50. The van der Waals surface area contributed by atoms with Crippen molar-refractivity contribution < 1.29 is 4.39 Å². The van der Waals surface area contributed by atoms with Crippen LogP contribution in [0.1, 0.15) is 0 Å². The molecule has 0 amide bonds. The maximum Gasteiger partial charge on any atom is 0.347 e. The summed E-state index contributed by atoms with van der Waals surface area (Å²) in [5.41, 5.74) is 0.769. The average molecular weight is 231 g/mol. The molecule has 84 valence electrons. The van der Waals surface area contributed by atoms with Crippen molar-refractivity contribution in [1.82, 2.24) is 24.6 Å². The highest BCUT2D eigenvalue weighted by Crippen LogP contribution is 2.13. The minimum Gasteiger partial charge on any atom is -0.250 e. The third-order valence-corrected chi connectivity index (χ3v) is 2.29. The topological polar surface area (TPSA) is 75.9 Å². The second-order valence-corrected chi connectivity index (χ2v) is 3.40. The fraction of sp³-hybridized carbons (Fsp3) is 0. The van der Waals surface area contributed by atoms with E-state index >= 15 is 0 Å². The van der Waals surface area contributed by atoms with E-state index in [0.29, 0.717) is 17.0 Å². The van der Waals surface area contributed by atoms with Gasteiger partial charge in [0.05, 0.1) is 12.4 Å². The van der Waals surface area contributed by atoms with Gasteiger partial charge in [-0.1, -0.05) is 0 Å². The van der Waals surface area contributed by atoms with Crippen molar-refractivity contribution in [3.8, 4) is 11.4 Å². The lowest BCUT2D eigenvalue weighted by molar-refractivity contribution is 0.614. The van der Waals surface area contributed by atoms with Gasteiger partial charge in [0, 0.05) is 11.8 Å². The standard InChI is InChI=1S/C10H6FN5O/c11-7-3-12-9(13-4-7)6-1-2-8-14-15-10(17)16(8)5-6/h1-5H,(H,15,17). The number of pyridine rings is 1. The van der Waals surface area contributed by atoms with E-state index in [4.69, 9.17) is 0 Å². The Bertz CT molecular complexity index is 730. The summed E-state index contributed by atoms with van der Waals surface area (Å²) in [5, 5.41) is 6.11. The van der Waals surface area contributed by atoms with Gasteiger partial charge >= 0.3 is 5.69 Å². The Morgan fingerprint density at radius 2 is 2.00 bits per heavy atom. The molecular formula is C10H6FN5O. The molecule has 17 heavy (non-hydrogen) atoms. The average Bonchev–Trinajstić information content (AvgIpc) is 2.72. The Kier molecular flexibility index (Phi) is 1.97. The number of hydrogen-bond acceptors (Lipinski definition) is 4. The first-order valence-electron chi connectivity index (χ1n) is 4.79. The van der Waals surface area contributed by atoms with Gasteiger partial charge in [-0.05, 0) is 12.1 Å². The number of fused-ring (bicyclic) bond motifs is 1. The van der Waals surface area contributed by atoms with Crippen LogP contribution < -0.4 is 5.69 Å². The number of H-pyrrole nitrogens is 1. The van der Waals surface area contributed by atoms with Gasteiger partial charge in [0.2, 0.25) is 0 Å². The summed E-state index contributed by atoms with van der Waals surface area (Å²) in [6.07, 6.45) is 3.70. The monoisotopic (exact) mass is 231 g/mol. The van der Waals surface area contributed by atoms with Crippen LogP contribution in [0.5, 0.6) is 0 Å². The predicted octanol–water partition coefficient (Wildman–Crippen LogP) is 0.619. The highest BCUT2D eigenvalue weighted by atomic mass is 19.1. The van der Waals surface area contributed by atoms with Gasteiger partial charge < -0.3 is 0 Å². The van der Waals surface area contributed by atoms with Crippen LogP contribution >= 0.6 is 0 Å². The van der Waals surface area contributed by atoms with Crippen molar-refractivity contribution in [3.63, 3.8) is 0 Å². The van der Waals surface area contributed by atoms with Crippen molar-refractivity contribution in [2.24, 2.45) is 0 Å². The van der Waals surface area contributed by atoms with Crippen LogP contribution in [0.3, 0.4) is 0 Å². The lowest BCUT2D eigenvalue weighted by Crippen LogP contribution is -2.09. The first-order chi connectivity index (χ1) is 8.24. The van der Waals surface area contributed by atoms with Crippen LogP contribution in [0.15, 0.2) is 35.5 Å². The van der Waals surface area contributed by atoms with E-state index in [2.05, 4.69) is 20.2 Å². The van der Waals surface area contributed by atoms with Crippen molar-refractivity contribution in [2.75, 3.05) is 0 Å². The third-order valence-electron chi connectivity index (χ3n) is 2.29. The van der Waals surface area contributed by atoms with Crippen LogP contribution in [0, 0.1) is 5.82 Å². The summed E-state index contributed by atoms with van der Waals surface area (Å²) in [6, 6.07) is 3.36. The van der Waals surface area contributed by atoms with Crippen molar-refractivity contribution in [3.05, 3.63) is 47.0 Å². The molecule has 3 aromatic rings. The van der Waals surface area contributed by atoms with Crippen molar-refractivity contribution in [1.29, 1.82) is 0 Å². The smallest absolute Gasteiger partial charge is 0.250 e. The molecule has 0 saturated carbocycles. The molecule has 0 aliphatic carbocycles. The molecule has 0 spiro atoms. The molecule has 0 aliphatic heterocycles. The van der Waals surface area contributed by atoms with Gasteiger partial charge in [-0.15, -0.1) is 0 Å². The van der Waals surface area contributed by atoms with Gasteiger partial charge in [0.1, 0.15) is 0 Å². The third kappa shape index (κ3) is 1.57. The van der Waals surface area contributed by atoms with Gasteiger partial charge in [-0.2, -0.15) is 5.10 Å². The molecule has 1 N–H and O–H groups in total. The van der Waals surface area contributed by atoms with Crippen molar-refractivity contribution in [2.45, 2.75) is 0 Å². The number of nitrogens with one attached hydrogen (secondary N) is 1. The molecule has 7 heteroatoms. The SMILES string of the molecule is O=c1[nH]nc2ccc(-c3ncc(F)cn3)cn12. The van der Waals surface area contributed by atoms with Crippen LogP contribution in [-0.2, 0) is 0 Å². The summed E-state index contributed by atoms with van der Waals surface area (Å²) in [4.78, 5) is 19.0. The van der Waals surface area contributed by atoms with Gasteiger partial charge in [-0.3, -0.25) is 0 Å². The highest BCUT2D eigenvalue weighted by Gasteiger charge is 2.05. The summed E-state index contributed by atoms with van der Waals surface area (Å²) < 4.78 is 14.0. The number of aromatic amines is 1. The van der Waals surface area contributed by atoms with E-state index in [1.807, 2.05) is 0 Å². The number of nitrogens with zero attached hydrogens (tertiary/aromatic N) is 4. The molecule has 0 bridgehead atoms. The Morgan fingerprint density at radius 1 is 1.24 bits per heavy atom. The number of hydrogen-bond donors (Lipinski definition) is 1. The summed E-state index contributed by atoms with van der Waals surface area (Å²) >= 11 is 0. The van der Waals surface area contributed by atoms with Gasteiger partial charge in [0.15, 0.2) is 17.3 Å². The summed E-state index contributed by atoms with van der Waals surface area (Å²) in [6.45, 7) is 0. The molecule has 0 aliphatic rings. The van der Waals surface area contributed by atoms with Crippen LogP contribution in [0.2, 0.25) is 0 Å². The maximum absolute atomic E-state index is 12.7. The van der Waals surface area contributed by atoms with E-state index < -0.39 is 5.82 Å². The lowest BCUT2D eigenvalue weighted by Gasteiger charge is -1.99. The largest absolute Gasteiger partial charge is 0.347 e. The van der Waals surface area contributed by atoms with E-state index in [1.165, 1.54) is 4.40 Å². The Morgan fingerprint density at radius 3 is 2.76 bits per heavy atom. The number of aromatic nitrogens is 5. The number of halogens is 1. The van der Waals surface area contributed by atoms with Crippen LogP contribution in [-0.4, -0.2) is 24.6 Å². The predicted molar refractivity (Wildman–Crippen MR) is 56.8 cm³/mol. The quantitative estimate of drug-likeness (QED) is 0.666. The molecule has 3 rings (SSSR count). The maximum atomic E-state index is 12.7. The molecule has 0 atom stereocenters. The van der Waals surface area contributed by atoms with Crippen molar-refractivity contribution >= 4 is 5.65 Å². The second kappa shape index (κ2) is 3.48. The molecule has 3 aromatic heterocycles. The van der Waals surface area contributed by atoms with Gasteiger partial charge in [-0.25, -0.2) is 28.7 Å². The zero-order chi connectivity index (χ0) is 11.8. The summed E-state index contributed by atoms with van der Waals surface area (Å²) in [7, 11) is 0. The van der Waals surface area contributed by atoms with Crippen LogP contribution in [0.4, 0.5) is 4.39 Å². The van der Waals surface area contributed by atoms with E-state index in [-0.39, 0.29) is 5.69 Å². The molecule has 0 unspecified atom stereocenters. The van der Waals surface area contributed by atoms with Crippen LogP contribution in [0.25, 0.3) is 17.0 Å². The molecule has 3 heterocycles.